The topological polar surface area (TPSA) is 106 Å². The largest absolute Gasteiger partial charge is 0.501 e. The maximum Gasteiger partial charge on any atom is 0.227 e. The molecule has 8 nitrogen and oxygen atoms in total. The van der Waals surface area contributed by atoms with Gasteiger partial charge in [0.2, 0.25) is 11.2 Å². The molecule has 0 atom stereocenters. The smallest absolute Gasteiger partial charge is 0.227 e. The highest BCUT2D eigenvalue weighted by Crippen LogP contribution is 2.38. The molecule has 0 aliphatic rings. The number of aromatic hydroxyl groups is 1. The summed E-state index contributed by atoms with van der Waals surface area (Å²) < 4.78 is 13.4. The van der Waals surface area contributed by atoms with Crippen molar-refractivity contribution in [3.8, 4) is 45.6 Å². The van der Waals surface area contributed by atoms with Crippen LogP contribution in [-0.4, -0.2) is 31.7 Å². The lowest BCUT2D eigenvalue weighted by Crippen LogP contribution is -2.04. The van der Waals surface area contributed by atoms with Crippen LogP contribution in [0.4, 0.5) is 0 Å². The molecule has 5 aromatic rings. The summed E-state index contributed by atoms with van der Waals surface area (Å²) in [6.45, 7) is 6.43. The van der Waals surface area contributed by atoms with Crippen LogP contribution in [-0.2, 0) is 6.54 Å². The van der Waals surface area contributed by atoms with Gasteiger partial charge in [-0.05, 0) is 50.6 Å². The molecular formula is C28H26N4O4. The van der Waals surface area contributed by atoms with Gasteiger partial charge in [0.1, 0.15) is 28.7 Å². The molecule has 0 radical (unpaired) electrons. The van der Waals surface area contributed by atoms with Crippen molar-refractivity contribution in [1.82, 2.24) is 19.5 Å². The minimum Gasteiger partial charge on any atom is -0.501 e. The van der Waals surface area contributed by atoms with Gasteiger partial charge in [0, 0.05) is 47.5 Å². The molecule has 4 heterocycles. The third kappa shape index (κ3) is 4.17. The fraction of sp³-hybridized carbons (Fsp3) is 0.179. The number of ether oxygens (including phenoxy) is 1. The SMILES string of the molecule is COc1cccc(-c2nc(-c3cc(C)n(Cc4cccnc4)c3C)[nH]c2-c2oc(C)cc(=O)c2O)c1. The summed E-state index contributed by atoms with van der Waals surface area (Å²) in [6.07, 6.45) is 3.61. The molecule has 0 aliphatic heterocycles. The van der Waals surface area contributed by atoms with Crippen LogP contribution in [0.5, 0.6) is 11.5 Å². The summed E-state index contributed by atoms with van der Waals surface area (Å²) in [5, 5.41) is 10.6. The Morgan fingerprint density at radius 3 is 2.69 bits per heavy atom. The van der Waals surface area contributed by atoms with Crippen LogP contribution < -0.4 is 10.2 Å². The summed E-state index contributed by atoms with van der Waals surface area (Å²) in [5.41, 5.74) is 5.26. The lowest BCUT2D eigenvalue weighted by molar-refractivity contribution is 0.415. The normalized spacial score (nSPS) is 11.1. The molecule has 4 aromatic heterocycles. The second kappa shape index (κ2) is 9.22. The average molecular weight is 483 g/mol. The summed E-state index contributed by atoms with van der Waals surface area (Å²) >= 11 is 0. The van der Waals surface area contributed by atoms with Crippen molar-refractivity contribution in [3.05, 3.63) is 93.9 Å². The number of aromatic nitrogens is 4. The van der Waals surface area contributed by atoms with Crippen LogP contribution in [0.2, 0.25) is 0 Å². The van der Waals surface area contributed by atoms with Crippen LogP contribution in [0.1, 0.15) is 22.7 Å². The van der Waals surface area contributed by atoms with Crippen molar-refractivity contribution in [2.45, 2.75) is 27.3 Å². The van der Waals surface area contributed by atoms with Crippen LogP contribution in [0, 0.1) is 20.8 Å². The first-order valence-corrected chi connectivity index (χ1v) is 11.5. The molecule has 0 amide bonds. The Balaban J connectivity index is 1.69. The van der Waals surface area contributed by atoms with E-state index in [0.29, 0.717) is 35.3 Å². The van der Waals surface area contributed by atoms with Gasteiger partial charge >= 0.3 is 0 Å². The number of pyridine rings is 1. The minimum atomic E-state index is -0.517. The van der Waals surface area contributed by atoms with E-state index in [2.05, 4.69) is 20.6 Å². The zero-order valence-corrected chi connectivity index (χ0v) is 20.5. The van der Waals surface area contributed by atoms with Crippen molar-refractivity contribution in [3.63, 3.8) is 0 Å². The molecule has 0 bridgehead atoms. The van der Waals surface area contributed by atoms with Gasteiger partial charge in [-0.1, -0.05) is 18.2 Å². The second-order valence-electron chi connectivity index (χ2n) is 8.67. The first-order chi connectivity index (χ1) is 17.4. The number of rotatable bonds is 6. The zero-order valence-electron chi connectivity index (χ0n) is 20.5. The van der Waals surface area contributed by atoms with Gasteiger partial charge in [0.25, 0.3) is 0 Å². The van der Waals surface area contributed by atoms with Crippen molar-refractivity contribution in [2.75, 3.05) is 7.11 Å². The van der Waals surface area contributed by atoms with E-state index >= 15 is 0 Å². The van der Waals surface area contributed by atoms with Gasteiger partial charge in [0.15, 0.2) is 5.76 Å². The second-order valence-corrected chi connectivity index (χ2v) is 8.67. The summed E-state index contributed by atoms with van der Waals surface area (Å²) in [5.74, 6) is 1.21. The number of hydrogen-bond donors (Lipinski definition) is 2. The standard InChI is InChI=1S/C28H26N4O4/c1-16-11-22(18(3)32(16)15-19-7-6-10-29-14-19)28-30-24(20-8-5-9-21(13-20)35-4)25(31-28)27-26(34)23(33)12-17(2)36-27/h5-14,34H,15H2,1-4H3,(H,30,31). The molecule has 5 rings (SSSR count). The predicted octanol–water partition coefficient (Wildman–Crippen LogP) is 5.25. The third-order valence-corrected chi connectivity index (χ3v) is 6.21. The van der Waals surface area contributed by atoms with E-state index in [-0.39, 0.29) is 5.76 Å². The first kappa shape index (κ1) is 23.2. The Morgan fingerprint density at radius 2 is 1.94 bits per heavy atom. The van der Waals surface area contributed by atoms with Gasteiger partial charge in [0.05, 0.1) is 7.11 Å². The predicted molar refractivity (Wildman–Crippen MR) is 137 cm³/mol. The fourth-order valence-electron chi connectivity index (χ4n) is 4.38. The Morgan fingerprint density at radius 1 is 1.11 bits per heavy atom. The minimum absolute atomic E-state index is 0.0423. The number of benzene rings is 1. The maximum atomic E-state index is 12.4. The molecular weight excluding hydrogens is 456 g/mol. The number of aromatic amines is 1. The lowest BCUT2D eigenvalue weighted by Gasteiger charge is -2.09. The number of hydrogen-bond acceptors (Lipinski definition) is 6. The maximum absolute atomic E-state index is 12.4. The first-order valence-electron chi connectivity index (χ1n) is 11.5. The van der Waals surface area contributed by atoms with Crippen molar-refractivity contribution >= 4 is 0 Å². The van der Waals surface area contributed by atoms with Crippen molar-refractivity contribution in [2.24, 2.45) is 0 Å². The Hall–Kier alpha value is -4.59. The number of nitrogens with zero attached hydrogens (tertiary/aromatic N) is 3. The van der Waals surface area contributed by atoms with Crippen LogP contribution in [0.15, 0.2) is 70.1 Å². The Kier molecular flexibility index (Phi) is 5.93. The van der Waals surface area contributed by atoms with Crippen LogP contribution in [0.25, 0.3) is 34.1 Å². The van der Waals surface area contributed by atoms with Gasteiger partial charge in [-0.25, -0.2) is 4.98 Å². The molecule has 0 spiro atoms. The molecule has 0 aliphatic carbocycles. The molecule has 8 heteroatoms. The van der Waals surface area contributed by atoms with E-state index in [1.807, 2.05) is 56.4 Å². The molecule has 1 aromatic carbocycles. The number of methoxy groups -OCH3 is 1. The van der Waals surface area contributed by atoms with E-state index < -0.39 is 11.2 Å². The summed E-state index contributed by atoms with van der Waals surface area (Å²) in [7, 11) is 1.60. The quantitative estimate of drug-likeness (QED) is 0.342. The molecule has 182 valence electrons. The molecule has 0 saturated heterocycles. The molecule has 36 heavy (non-hydrogen) atoms. The summed E-state index contributed by atoms with van der Waals surface area (Å²) in [6, 6.07) is 14.7. The fourth-order valence-corrected chi connectivity index (χ4v) is 4.38. The zero-order chi connectivity index (χ0) is 25.4. The molecule has 2 N–H and O–H groups in total. The average Bonchev–Trinajstić information content (AvgIpc) is 3.44. The Bertz CT molecular complexity index is 1610. The van der Waals surface area contributed by atoms with E-state index in [0.717, 1.165) is 28.1 Å². The number of aryl methyl sites for hydroxylation is 2. The van der Waals surface area contributed by atoms with Gasteiger partial charge < -0.3 is 23.8 Å². The number of imidazole rings is 1. The highest BCUT2D eigenvalue weighted by Gasteiger charge is 2.24. The molecule has 0 fully saturated rings. The number of H-pyrrole nitrogens is 1. The van der Waals surface area contributed by atoms with E-state index in [9.17, 15) is 9.90 Å². The lowest BCUT2D eigenvalue weighted by atomic mass is 10.1. The van der Waals surface area contributed by atoms with E-state index in [4.69, 9.17) is 14.1 Å². The van der Waals surface area contributed by atoms with Crippen molar-refractivity contribution < 1.29 is 14.3 Å². The van der Waals surface area contributed by atoms with Crippen LogP contribution >= 0.6 is 0 Å². The van der Waals surface area contributed by atoms with Crippen LogP contribution in [0.3, 0.4) is 0 Å². The molecule has 0 saturated carbocycles. The van der Waals surface area contributed by atoms with Gasteiger partial charge in [-0.15, -0.1) is 0 Å². The van der Waals surface area contributed by atoms with Crippen molar-refractivity contribution in [1.29, 1.82) is 0 Å². The van der Waals surface area contributed by atoms with E-state index in [1.54, 1.807) is 20.2 Å². The molecule has 0 unspecified atom stereocenters. The summed E-state index contributed by atoms with van der Waals surface area (Å²) in [4.78, 5) is 24.8. The van der Waals surface area contributed by atoms with Gasteiger partial charge in [-0.3, -0.25) is 9.78 Å². The highest BCUT2D eigenvalue weighted by molar-refractivity contribution is 5.82. The third-order valence-electron chi connectivity index (χ3n) is 6.21. The monoisotopic (exact) mass is 482 g/mol. The number of nitrogens with one attached hydrogen (secondary N) is 1. The Labute approximate surface area is 207 Å². The highest BCUT2D eigenvalue weighted by atomic mass is 16.5. The van der Waals surface area contributed by atoms with Gasteiger partial charge in [-0.2, -0.15) is 0 Å². The van der Waals surface area contributed by atoms with E-state index in [1.165, 1.54) is 6.07 Å².